The topological polar surface area (TPSA) is 70.4 Å². The molecule has 10 heteroatoms. The number of imidazole rings is 1. The van der Waals surface area contributed by atoms with Crippen LogP contribution in [0.5, 0.6) is 5.75 Å². The molecule has 1 aromatic heterocycles. The number of hydrogen-bond donors (Lipinski definition) is 0. The number of esters is 1. The normalized spacial score (nSPS) is 11.5. The van der Waals surface area contributed by atoms with Crippen LogP contribution in [0.25, 0.3) is 11.0 Å². The molecule has 0 bridgehead atoms. The Bertz CT molecular complexity index is 1080. The number of methoxy groups -OCH3 is 1. The van der Waals surface area contributed by atoms with Crippen molar-refractivity contribution in [2.45, 2.75) is 12.7 Å². The summed E-state index contributed by atoms with van der Waals surface area (Å²) in [7, 11) is 1.28. The van der Waals surface area contributed by atoms with Crippen LogP contribution in [0.2, 0.25) is 0 Å². The highest BCUT2D eigenvalue weighted by molar-refractivity contribution is 6.00. The smallest absolute Gasteiger partial charge is 0.449 e. The van der Waals surface area contributed by atoms with Crippen LogP contribution in [0.4, 0.5) is 17.6 Å². The maximum atomic E-state index is 13.4. The lowest BCUT2D eigenvalue weighted by atomic mass is 10.1. The number of rotatable bonds is 6. The maximum Gasteiger partial charge on any atom is 0.449 e. The number of ketones is 1. The third kappa shape index (κ3) is 4.36. The van der Waals surface area contributed by atoms with Crippen LogP contribution in [-0.2, 0) is 22.3 Å². The zero-order valence-corrected chi connectivity index (χ0v) is 15.0. The number of Topliss-reactive ketones (excluding diaryl/α,β-unsaturated/α-hetero) is 1. The lowest BCUT2D eigenvalue weighted by Gasteiger charge is -2.12. The number of carbonyl (C=O) groups is 2. The largest absolute Gasteiger partial charge is 0.496 e. The highest BCUT2D eigenvalue weighted by atomic mass is 19.4. The molecule has 0 fully saturated rings. The maximum absolute atomic E-state index is 13.4. The van der Waals surface area contributed by atoms with E-state index in [1.54, 1.807) is 0 Å². The third-order valence-electron chi connectivity index (χ3n) is 4.02. The Balaban J connectivity index is 1.77. The van der Waals surface area contributed by atoms with E-state index in [9.17, 15) is 27.2 Å². The predicted octanol–water partition coefficient (Wildman–Crippen LogP) is 3.63. The van der Waals surface area contributed by atoms with Gasteiger partial charge in [-0.3, -0.25) is 9.59 Å². The van der Waals surface area contributed by atoms with E-state index in [0.717, 1.165) is 12.1 Å². The predicted molar refractivity (Wildman–Crippen MR) is 93.0 cm³/mol. The summed E-state index contributed by atoms with van der Waals surface area (Å²) >= 11 is 0. The fraction of sp³-hybridized carbons (Fsp3) is 0.211. The standard InChI is InChI=1S/C19H14F4N2O4/c1-28-16-7-6-11(20)8-12(16)15(26)10-29-17(27)9-25-14-5-3-2-4-13(14)24-18(25)19(21,22)23/h2-8H,9-10H2,1H3. The second-order valence-corrected chi connectivity index (χ2v) is 5.94. The Labute approximate surface area is 161 Å². The minimum Gasteiger partial charge on any atom is -0.496 e. The SMILES string of the molecule is COc1ccc(F)cc1C(=O)COC(=O)Cn1c(C(F)(F)F)nc2ccccc21. The van der Waals surface area contributed by atoms with Crippen molar-refractivity contribution in [2.75, 3.05) is 13.7 Å². The number of fused-ring (bicyclic) bond motifs is 1. The van der Waals surface area contributed by atoms with Gasteiger partial charge in [0.05, 0.1) is 23.7 Å². The van der Waals surface area contributed by atoms with Gasteiger partial charge in [-0.1, -0.05) is 12.1 Å². The van der Waals surface area contributed by atoms with Gasteiger partial charge in [-0.05, 0) is 30.3 Å². The molecule has 0 N–H and O–H groups in total. The molecular weight excluding hydrogens is 396 g/mol. The molecular formula is C19H14F4N2O4. The van der Waals surface area contributed by atoms with Gasteiger partial charge in [-0.2, -0.15) is 13.2 Å². The average molecular weight is 410 g/mol. The number of ether oxygens (including phenoxy) is 2. The molecule has 0 aliphatic heterocycles. The Hall–Kier alpha value is -3.43. The molecule has 1 heterocycles. The van der Waals surface area contributed by atoms with E-state index in [-0.39, 0.29) is 22.3 Å². The summed E-state index contributed by atoms with van der Waals surface area (Å²) in [5.41, 5.74) is 0.00691. The van der Waals surface area contributed by atoms with E-state index in [0.29, 0.717) is 4.57 Å². The first-order valence-corrected chi connectivity index (χ1v) is 8.25. The summed E-state index contributed by atoms with van der Waals surface area (Å²) in [5, 5.41) is 0. The van der Waals surface area contributed by atoms with Crippen LogP contribution in [0.3, 0.4) is 0 Å². The van der Waals surface area contributed by atoms with Crippen molar-refractivity contribution >= 4 is 22.8 Å². The van der Waals surface area contributed by atoms with Gasteiger partial charge in [0.2, 0.25) is 11.6 Å². The van der Waals surface area contributed by atoms with Gasteiger partial charge < -0.3 is 14.0 Å². The number of halogens is 4. The molecule has 152 valence electrons. The number of benzene rings is 2. The third-order valence-corrected chi connectivity index (χ3v) is 4.02. The monoisotopic (exact) mass is 410 g/mol. The molecule has 0 unspecified atom stereocenters. The molecule has 0 atom stereocenters. The molecule has 3 rings (SSSR count). The van der Waals surface area contributed by atoms with Crippen LogP contribution < -0.4 is 4.74 Å². The number of nitrogens with zero attached hydrogens (tertiary/aromatic N) is 2. The van der Waals surface area contributed by atoms with Crippen LogP contribution in [0, 0.1) is 5.82 Å². The van der Waals surface area contributed by atoms with Gasteiger partial charge in [0.15, 0.2) is 6.61 Å². The van der Waals surface area contributed by atoms with Gasteiger partial charge >= 0.3 is 12.1 Å². The van der Waals surface area contributed by atoms with Crippen molar-refractivity contribution < 1.29 is 36.6 Å². The molecule has 0 radical (unpaired) electrons. The summed E-state index contributed by atoms with van der Waals surface area (Å²) in [6, 6.07) is 9.02. The molecule has 0 saturated heterocycles. The van der Waals surface area contributed by atoms with Crippen LogP contribution >= 0.6 is 0 Å². The number of carbonyl (C=O) groups excluding carboxylic acids is 2. The fourth-order valence-corrected chi connectivity index (χ4v) is 2.75. The first-order chi connectivity index (χ1) is 13.7. The quantitative estimate of drug-likeness (QED) is 0.353. The van der Waals surface area contributed by atoms with Gasteiger partial charge in [-0.25, -0.2) is 9.37 Å². The molecule has 0 saturated carbocycles. The molecule has 3 aromatic rings. The van der Waals surface area contributed by atoms with Crippen LogP contribution in [0.15, 0.2) is 42.5 Å². The van der Waals surface area contributed by atoms with Crippen molar-refractivity contribution in [3.8, 4) is 5.75 Å². The van der Waals surface area contributed by atoms with Gasteiger partial charge in [0, 0.05) is 0 Å². The molecule has 0 amide bonds. The minimum absolute atomic E-state index is 0.0631. The van der Waals surface area contributed by atoms with E-state index in [1.807, 2.05) is 0 Å². The highest BCUT2D eigenvalue weighted by Crippen LogP contribution is 2.31. The molecule has 0 spiro atoms. The summed E-state index contributed by atoms with van der Waals surface area (Å²) < 4.78 is 63.6. The van der Waals surface area contributed by atoms with E-state index in [4.69, 9.17) is 9.47 Å². The van der Waals surface area contributed by atoms with E-state index in [1.165, 1.54) is 37.4 Å². The summed E-state index contributed by atoms with van der Waals surface area (Å²) in [5.74, 6) is -3.72. The lowest BCUT2D eigenvalue weighted by molar-refractivity contribution is -0.150. The van der Waals surface area contributed by atoms with E-state index in [2.05, 4.69) is 4.98 Å². The molecule has 6 nitrogen and oxygen atoms in total. The average Bonchev–Trinajstić information content (AvgIpc) is 3.05. The Morgan fingerprint density at radius 2 is 1.86 bits per heavy atom. The second kappa shape index (κ2) is 7.90. The van der Waals surface area contributed by atoms with Crippen molar-refractivity contribution in [3.05, 3.63) is 59.7 Å². The second-order valence-electron chi connectivity index (χ2n) is 5.94. The minimum atomic E-state index is -4.79. The summed E-state index contributed by atoms with van der Waals surface area (Å²) in [6.07, 6.45) is -4.79. The van der Waals surface area contributed by atoms with Crippen LogP contribution in [-0.4, -0.2) is 35.0 Å². The molecule has 0 aliphatic carbocycles. The van der Waals surface area contributed by atoms with Gasteiger partial charge in [0.1, 0.15) is 18.1 Å². The van der Waals surface area contributed by atoms with Crippen molar-refractivity contribution in [1.82, 2.24) is 9.55 Å². The zero-order valence-electron chi connectivity index (χ0n) is 15.0. The molecule has 2 aromatic carbocycles. The summed E-state index contributed by atoms with van der Waals surface area (Å²) in [4.78, 5) is 27.8. The van der Waals surface area contributed by atoms with E-state index >= 15 is 0 Å². The first kappa shape index (κ1) is 20.3. The van der Waals surface area contributed by atoms with Crippen molar-refractivity contribution in [1.29, 1.82) is 0 Å². The first-order valence-electron chi connectivity index (χ1n) is 8.25. The lowest BCUT2D eigenvalue weighted by Crippen LogP contribution is -2.22. The number of aromatic nitrogens is 2. The zero-order chi connectivity index (χ0) is 21.2. The van der Waals surface area contributed by atoms with Crippen LogP contribution in [0.1, 0.15) is 16.2 Å². The Morgan fingerprint density at radius 3 is 2.55 bits per heavy atom. The Morgan fingerprint density at radius 1 is 1.14 bits per heavy atom. The van der Waals surface area contributed by atoms with Crippen molar-refractivity contribution in [3.63, 3.8) is 0 Å². The highest BCUT2D eigenvalue weighted by Gasteiger charge is 2.38. The van der Waals surface area contributed by atoms with Crippen molar-refractivity contribution in [2.24, 2.45) is 0 Å². The number of para-hydroxylation sites is 2. The summed E-state index contributed by atoms with van der Waals surface area (Å²) in [6.45, 7) is -1.59. The number of hydrogen-bond acceptors (Lipinski definition) is 5. The van der Waals surface area contributed by atoms with E-state index < -0.39 is 42.7 Å². The van der Waals surface area contributed by atoms with Gasteiger partial charge in [0.25, 0.3) is 0 Å². The van der Waals surface area contributed by atoms with Gasteiger partial charge in [-0.15, -0.1) is 0 Å². The fourth-order valence-electron chi connectivity index (χ4n) is 2.75. The molecule has 29 heavy (non-hydrogen) atoms. The Kier molecular flexibility index (Phi) is 5.53. The molecule has 0 aliphatic rings. The number of alkyl halides is 3.